The van der Waals surface area contributed by atoms with Gasteiger partial charge >= 0.3 is 0 Å². The van der Waals surface area contributed by atoms with Crippen molar-refractivity contribution in [3.05, 3.63) is 0 Å². The highest BCUT2D eigenvalue weighted by Crippen LogP contribution is 2.03. The molecule has 0 saturated carbocycles. The summed E-state index contributed by atoms with van der Waals surface area (Å²) in [6.07, 6.45) is 0. The predicted octanol–water partition coefficient (Wildman–Crippen LogP) is 0.188. The van der Waals surface area contributed by atoms with Crippen molar-refractivity contribution in [2.45, 2.75) is 19.0 Å². The first-order valence-corrected chi connectivity index (χ1v) is 5.01. The van der Waals surface area contributed by atoms with E-state index in [1.807, 2.05) is 7.05 Å². The van der Waals surface area contributed by atoms with Gasteiger partial charge in [0.2, 0.25) is 0 Å². The van der Waals surface area contributed by atoms with Crippen molar-refractivity contribution in [3.8, 4) is 0 Å². The van der Waals surface area contributed by atoms with Crippen LogP contribution in [0.1, 0.15) is 6.92 Å². The summed E-state index contributed by atoms with van der Waals surface area (Å²) < 4.78 is 10.3. The third kappa shape index (κ3) is 4.91. The maximum absolute atomic E-state index is 5.18. The molecule has 0 spiro atoms. The highest BCUT2D eigenvalue weighted by molar-refractivity contribution is 4.74. The van der Waals surface area contributed by atoms with E-state index < -0.39 is 0 Å². The molecule has 0 fully saturated rings. The molecular weight excluding hydrogens is 180 g/mol. The van der Waals surface area contributed by atoms with Crippen LogP contribution in [0.5, 0.6) is 0 Å². The van der Waals surface area contributed by atoms with Crippen molar-refractivity contribution in [2.24, 2.45) is 0 Å². The highest BCUT2D eigenvalue weighted by Gasteiger charge is 2.18. The van der Waals surface area contributed by atoms with Crippen LogP contribution in [0, 0.1) is 0 Å². The van der Waals surface area contributed by atoms with Crippen molar-refractivity contribution in [2.75, 3.05) is 48.1 Å². The third-order valence-corrected chi connectivity index (χ3v) is 2.48. The lowest BCUT2D eigenvalue weighted by molar-refractivity contribution is 0.0507. The van der Waals surface area contributed by atoms with Crippen LogP contribution < -0.4 is 5.32 Å². The van der Waals surface area contributed by atoms with Gasteiger partial charge < -0.3 is 14.8 Å². The average molecular weight is 204 g/mol. The quantitative estimate of drug-likeness (QED) is 0.612. The van der Waals surface area contributed by atoms with Crippen LogP contribution in [0.2, 0.25) is 0 Å². The van der Waals surface area contributed by atoms with Crippen LogP contribution in [0.25, 0.3) is 0 Å². The molecule has 0 rings (SSSR count). The van der Waals surface area contributed by atoms with Crippen molar-refractivity contribution in [1.82, 2.24) is 10.2 Å². The zero-order valence-electron chi connectivity index (χ0n) is 10.0. The molecular formula is C10H24N2O2. The summed E-state index contributed by atoms with van der Waals surface area (Å²) in [4.78, 5) is 2.28. The first-order chi connectivity index (χ1) is 6.67. The van der Waals surface area contributed by atoms with Gasteiger partial charge in [0.1, 0.15) is 0 Å². The predicted molar refractivity (Wildman–Crippen MR) is 58.7 cm³/mol. The first kappa shape index (κ1) is 13.8. The molecule has 0 radical (unpaired) electrons. The molecule has 0 aromatic heterocycles. The topological polar surface area (TPSA) is 33.7 Å². The average Bonchev–Trinajstić information content (AvgIpc) is 2.17. The molecule has 1 N–H and O–H groups in total. The number of hydrogen-bond donors (Lipinski definition) is 1. The number of nitrogens with zero attached hydrogens (tertiary/aromatic N) is 1. The number of nitrogens with one attached hydrogen (secondary N) is 1. The second-order valence-corrected chi connectivity index (χ2v) is 3.64. The van der Waals surface area contributed by atoms with E-state index in [-0.39, 0.29) is 0 Å². The Kier molecular flexibility index (Phi) is 8.08. The Balaban J connectivity index is 4.03. The van der Waals surface area contributed by atoms with E-state index in [0.717, 1.165) is 19.8 Å². The van der Waals surface area contributed by atoms with Crippen molar-refractivity contribution in [3.63, 3.8) is 0 Å². The monoisotopic (exact) mass is 204 g/mol. The van der Waals surface area contributed by atoms with Gasteiger partial charge in [0.15, 0.2) is 0 Å². The summed E-state index contributed by atoms with van der Waals surface area (Å²) in [5.41, 5.74) is 0. The van der Waals surface area contributed by atoms with Crippen LogP contribution in [0.4, 0.5) is 0 Å². The lowest BCUT2D eigenvalue weighted by Crippen LogP contribution is -2.47. The Morgan fingerprint density at radius 3 is 2.21 bits per heavy atom. The van der Waals surface area contributed by atoms with Gasteiger partial charge in [0.05, 0.1) is 13.2 Å². The van der Waals surface area contributed by atoms with Crippen molar-refractivity contribution in [1.29, 1.82) is 0 Å². The lowest BCUT2D eigenvalue weighted by Gasteiger charge is -2.32. The minimum atomic E-state index is 0.398. The Morgan fingerprint density at radius 2 is 1.79 bits per heavy atom. The highest BCUT2D eigenvalue weighted by atomic mass is 16.5. The first-order valence-electron chi connectivity index (χ1n) is 5.01. The summed E-state index contributed by atoms with van der Waals surface area (Å²) in [7, 11) is 7.52. The Morgan fingerprint density at radius 1 is 1.21 bits per heavy atom. The number of likely N-dealkylation sites (N-methyl/N-ethyl adjacent to an activating group) is 2. The van der Waals surface area contributed by atoms with Gasteiger partial charge in [-0.3, -0.25) is 4.90 Å². The Hall–Kier alpha value is -0.160. The lowest BCUT2D eigenvalue weighted by atomic mass is 10.2. The molecule has 0 saturated heterocycles. The van der Waals surface area contributed by atoms with Crippen LogP contribution in [0.3, 0.4) is 0 Å². The van der Waals surface area contributed by atoms with E-state index in [0.29, 0.717) is 12.1 Å². The zero-order chi connectivity index (χ0) is 11.0. The standard InChI is InChI=1S/C10H24N2O2/c1-9(7-13-4)12(3)10(6-11-2)8-14-5/h9-11H,6-8H2,1-5H3. The molecule has 14 heavy (non-hydrogen) atoms. The van der Waals surface area contributed by atoms with Gasteiger partial charge in [-0.25, -0.2) is 0 Å². The Labute approximate surface area is 87.6 Å². The van der Waals surface area contributed by atoms with Crippen LogP contribution in [0.15, 0.2) is 0 Å². The number of ether oxygens (including phenoxy) is 2. The van der Waals surface area contributed by atoms with E-state index in [2.05, 4.69) is 24.2 Å². The second kappa shape index (κ2) is 8.17. The van der Waals surface area contributed by atoms with Crippen molar-refractivity contribution < 1.29 is 9.47 Å². The van der Waals surface area contributed by atoms with Gasteiger partial charge in [-0.1, -0.05) is 0 Å². The summed E-state index contributed by atoms with van der Waals surface area (Å²) in [5, 5.41) is 3.17. The molecule has 4 nitrogen and oxygen atoms in total. The fourth-order valence-electron chi connectivity index (χ4n) is 1.47. The van der Waals surface area contributed by atoms with Crippen LogP contribution in [-0.2, 0) is 9.47 Å². The largest absolute Gasteiger partial charge is 0.383 e. The number of rotatable bonds is 8. The van der Waals surface area contributed by atoms with Gasteiger partial charge in [-0.15, -0.1) is 0 Å². The van der Waals surface area contributed by atoms with E-state index >= 15 is 0 Å². The molecule has 4 heteroatoms. The van der Waals surface area contributed by atoms with Gasteiger partial charge in [0, 0.05) is 32.8 Å². The molecule has 0 aromatic carbocycles. The smallest absolute Gasteiger partial charge is 0.0630 e. The minimum Gasteiger partial charge on any atom is -0.383 e. The Bertz CT molecular complexity index is 127. The molecule has 0 heterocycles. The van der Waals surface area contributed by atoms with Gasteiger partial charge in [0.25, 0.3) is 0 Å². The molecule has 0 aliphatic carbocycles. The number of methoxy groups -OCH3 is 2. The molecule has 0 aromatic rings. The second-order valence-electron chi connectivity index (χ2n) is 3.64. The molecule has 2 atom stereocenters. The molecule has 0 amide bonds. The molecule has 0 bridgehead atoms. The summed E-state index contributed by atoms with van der Waals surface area (Å²) in [6.45, 7) is 4.58. The molecule has 0 aliphatic heterocycles. The van der Waals surface area contributed by atoms with Gasteiger partial charge in [-0.2, -0.15) is 0 Å². The van der Waals surface area contributed by atoms with E-state index in [4.69, 9.17) is 9.47 Å². The molecule has 0 aliphatic rings. The van der Waals surface area contributed by atoms with E-state index in [9.17, 15) is 0 Å². The van der Waals surface area contributed by atoms with Crippen LogP contribution >= 0.6 is 0 Å². The fraction of sp³-hybridized carbons (Fsp3) is 1.00. The van der Waals surface area contributed by atoms with Crippen molar-refractivity contribution >= 4 is 0 Å². The molecule has 86 valence electrons. The normalized spacial score (nSPS) is 15.9. The van der Waals surface area contributed by atoms with Crippen LogP contribution in [-0.4, -0.2) is 65.1 Å². The summed E-state index contributed by atoms with van der Waals surface area (Å²) in [6, 6.07) is 0.809. The summed E-state index contributed by atoms with van der Waals surface area (Å²) in [5.74, 6) is 0. The third-order valence-electron chi connectivity index (χ3n) is 2.48. The molecule has 2 unspecified atom stereocenters. The van der Waals surface area contributed by atoms with E-state index in [1.165, 1.54) is 0 Å². The zero-order valence-corrected chi connectivity index (χ0v) is 10.0. The SMILES string of the molecule is CNCC(COC)N(C)C(C)COC. The maximum atomic E-state index is 5.18. The maximum Gasteiger partial charge on any atom is 0.0630 e. The van der Waals surface area contributed by atoms with E-state index in [1.54, 1.807) is 14.2 Å². The number of hydrogen-bond acceptors (Lipinski definition) is 4. The summed E-state index contributed by atoms with van der Waals surface area (Å²) >= 11 is 0. The minimum absolute atomic E-state index is 0.398. The fourth-order valence-corrected chi connectivity index (χ4v) is 1.47. The van der Waals surface area contributed by atoms with Gasteiger partial charge in [-0.05, 0) is 21.0 Å².